The van der Waals surface area contributed by atoms with Crippen LogP contribution in [0.5, 0.6) is 0 Å². The van der Waals surface area contributed by atoms with Crippen molar-refractivity contribution < 1.29 is 4.79 Å². The van der Waals surface area contributed by atoms with Crippen molar-refractivity contribution in [3.05, 3.63) is 35.9 Å². The van der Waals surface area contributed by atoms with Crippen LogP contribution in [0.1, 0.15) is 43.0 Å². The van der Waals surface area contributed by atoms with Gasteiger partial charge in [-0.05, 0) is 31.9 Å². The van der Waals surface area contributed by atoms with Gasteiger partial charge in [0.1, 0.15) is 5.82 Å². The molecule has 1 amide bonds. The number of nitrogens with two attached hydrogens (primary N) is 1. The Morgan fingerprint density at radius 3 is 2.71 bits per heavy atom. The Labute approximate surface area is 123 Å². The lowest BCUT2D eigenvalue weighted by atomic mass is 9.99. The summed E-state index contributed by atoms with van der Waals surface area (Å²) in [5.74, 6) is 5.89. The van der Waals surface area contributed by atoms with Gasteiger partial charge in [0.2, 0.25) is 0 Å². The first-order chi connectivity index (χ1) is 10.1. The van der Waals surface area contributed by atoms with E-state index >= 15 is 0 Å². The first-order valence-corrected chi connectivity index (χ1v) is 7.30. The predicted molar refractivity (Wildman–Crippen MR) is 83.9 cm³/mol. The van der Waals surface area contributed by atoms with Crippen molar-refractivity contribution in [1.29, 1.82) is 0 Å². The number of rotatable bonds is 3. The van der Waals surface area contributed by atoms with Gasteiger partial charge in [0.15, 0.2) is 0 Å². The second-order valence-electron chi connectivity index (χ2n) is 5.94. The van der Waals surface area contributed by atoms with Gasteiger partial charge in [0.05, 0.1) is 11.1 Å². The first-order valence-electron chi connectivity index (χ1n) is 7.30. The van der Waals surface area contributed by atoms with Gasteiger partial charge in [-0.15, -0.1) is 0 Å². The number of benzene rings is 1. The van der Waals surface area contributed by atoms with Crippen molar-refractivity contribution in [3.63, 3.8) is 0 Å². The number of para-hydroxylation sites is 1. The van der Waals surface area contributed by atoms with Crippen LogP contribution < -0.4 is 16.6 Å². The molecule has 0 spiro atoms. The van der Waals surface area contributed by atoms with Crippen LogP contribution in [0.15, 0.2) is 30.3 Å². The van der Waals surface area contributed by atoms with Gasteiger partial charge in [-0.2, -0.15) is 0 Å². The summed E-state index contributed by atoms with van der Waals surface area (Å²) in [5.41, 5.74) is 3.80. The van der Waals surface area contributed by atoms with Gasteiger partial charge < -0.3 is 10.7 Å². The van der Waals surface area contributed by atoms with Gasteiger partial charge in [0, 0.05) is 10.9 Å². The third kappa shape index (κ3) is 2.69. The number of aromatic nitrogens is 1. The molecule has 4 N–H and O–H groups in total. The van der Waals surface area contributed by atoms with E-state index in [9.17, 15) is 4.79 Å². The number of nitrogens with zero attached hydrogens (tertiary/aromatic N) is 1. The molecule has 3 rings (SSSR count). The molecule has 21 heavy (non-hydrogen) atoms. The minimum absolute atomic E-state index is 0.0606. The van der Waals surface area contributed by atoms with Crippen LogP contribution >= 0.6 is 0 Å². The highest BCUT2D eigenvalue weighted by Crippen LogP contribution is 2.30. The highest BCUT2D eigenvalue weighted by molar-refractivity contribution is 6.07. The smallest absolute Gasteiger partial charge is 0.252 e. The monoisotopic (exact) mass is 284 g/mol. The zero-order valence-corrected chi connectivity index (χ0v) is 12.1. The van der Waals surface area contributed by atoms with Crippen LogP contribution in [-0.4, -0.2) is 16.4 Å². The number of nitrogen functional groups attached to an aromatic ring is 1. The molecule has 1 aliphatic carbocycles. The molecule has 2 aromatic rings. The maximum Gasteiger partial charge on any atom is 0.252 e. The Balaban J connectivity index is 2.00. The fourth-order valence-electron chi connectivity index (χ4n) is 3.06. The molecule has 1 aromatic heterocycles. The van der Waals surface area contributed by atoms with Crippen LogP contribution in [0.3, 0.4) is 0 Å². The number of hydrazine groups is 1. The molecule has 0 unspecified atom stereocenters. The van der Waals surface area contributed by atoms with Crippen LogP contribution in [0.2, 0.25) is 0 Å². The van der Waals surface area contributed by atoms with Gasteiger partial charge >= 0.3 is 0 Å². The SMILES string of the molecule is CC1(NC(=O)c2cc(NN)nc3ccccc23)CCCC1. The lowest BCUT2D eigenvalue weighted by Crippen LogP contribution is -2.43. The first kappa shape index (κ1) is 13.8. The number of amides is 1. The lowest BCUT2D eigenvalue weighted by Gasteiger charge is -2.25. The summed E-state index contributed by atoms with van der Waals surface area (Å²) in [4.78, 5) is 17.1. The molecule has 0 aliphatic heterocycles. The third-order valence-corrected chi connectivity index (χ3v) is 4.23. The largest absolute Gasteiger partial charge is 0.347 e. The molecular weight excluding hydrogens is 264 g/mol. The summed E-state index contributed by atoms with van der Waals surface area (Å²) in [7, 11) is 0. The fourth-order valence-corrected chi connectivity index (χ4v) is 3.06. The summed E-state index contributed by atoms with van der Waals surface area (Å²) < 4.78 is 0. The number of hydrogen-bond donors (Lipinski definition) is 3. The molecule has 0 bridgehead atoms. The zero-order valence-electron chi connectivity index (χ0n) is 12.1. The van der Waals surface area contributed by atoms with Crippen LogP contribution in [-0.2, 0) is 0 Å². The Bertz CT molecular complexity index is 677. The molecule has 5 heteroatoms. The molecule has 0 saturated heterocycles. The van der Waals surface area contributed by atoms with E-state index in [1.807, 2.05) is 24.3 Å². The van der Waals surface area contributed by atoms with E-state index in [2.05, 4.69) is 22.7 Å². The third-order valence-electron chi connectivity index (χ3n) is 4.23. The molecule has 0 radical (unpaired) electrons. The van der Waals surface area contributed by atoms with Crippen molar-refractivity contribution in [2.45, 2.75) is 38.1 Å². The van der Waals surface area contributed by atoms with Gasteiger partial charge in [0.25, 0.3) is 5.91 Å². The molecule has 5 nitrogen and oxygen atoms in total. The van der Waals surface area contributed by atoms with Crippen molar-refractivity contribution in [1.82, 2.24) is 10.3 Å². The number of carbonyl (C=O) groups is 1. The number of pyridine rings is 1. The summed E-state index contributed by atoms with van der Waals surface area (Å²) in [5, 5.41) is 4.02. The average molecular weight is 284 g/mol. The quantitative estimate of drug-likeness (QED) is 0.598. The van der Waals surface area contributed by atoms with Crippen molar-refractivity contribution in [2.24, 2.45) is 5.84 Å². The molecule has 1 heterocycles. The molecular formula is C16H20N4O. The summed E-state index contributed by atoms with van der Waals surface area (Å²) in [6, 6.07) is 9.30. The Hall–Kier alpha value is -2.14. The number of anilines is 1. The van der Waals surface area contributed by atoms with E-state index in [4.69, 9.17) is 5.84 Å². The second-order valence-corrected chi connectivity index (χ2v) is 5.94. The van der Waals surface area contributed by atoms with Gasteiger partial charge in [-0.3, -0.25) is 4.79 Å². The Morgan fingerprint density at radius 2 is 2.00 bits per heavy atom. The summed E-state index contributed by atoms with van der Waals surface area (Å²) in [6.45, 7) is 2.11. The topological polar surface area (TPSA) is 80.0 Å². The van der Waals surface area contributed by atoms with Crippen LogP contribution in [0.25, 0.3) is 10.9 Å². The predicted octanol–water partition coefficient (Wildman–Crippen LogP) is 2.58. The second kappa shape index (κ2) is 5.33. The highest BCUT2D eigenvalue weighted by atomic mass is 16.1. The van der Waals surface area contributed by atoms with Crippen LogP contribution in [0.4, 0.5) is 5.82 Å². The maximum absolute atomic E-state index is 12.7. The van der Waals surface area contributed by atoms with E-state index in [1.54, 1.807) is 6.07 Å². The molecule has 1 aromatic carbocycles. The lowest BCUT2D eigenvalue weighted by molar-refractivity contribution is 0.0910. The highest BCUT2D eigenvalue weighted by Gasteiger charge is 2.30. The minimum Gasteiger partial charge on any atom is -0.347 e. The molecule has 1 aliphatic rings. The average Bonchev–Trinajstić information content (AvgIpc) is 2.92. The number of nitrogens with one attached hydrogen (secondary N) is 2. The number of hydrogen-bond acceptors (Lipinski definition) is 4. The normalized spacial score (nSPS) is 16.9. The summed E-state index contributed by atoms with van der Waals surface area (Å²) >= 11 is 0. The standard InChI is InChI=1S/C16H20N4O/c1-16(8-4-5-9-16)19-15(21)12-10-14(20-17)18-13-7-3-2-6-11(12)13/h2-3,6-7,10H,4-5,8-9,17H2,1H3,(H,18,20)(H,19,21). The molecule has 0 atom stereocenters. The molecule has 1 fully saturated rings. The van der Waals surface area contributed by atoms with Gasteiger partial charge in [-0.25, -0.2) is 10.8 Å². The minimum atomic E-state index is -0.0994. The Morgan fingerprint density at radius 1 is 1.29 bits per heavy atom. The van der Waals surface area contributed by atoms with Crippen molar-refractivity contribution in [2.75, 3.05) is 5.43 Å². The number of carbonyl (C=O) groups excluding carboxylic acids is 1. The maximum atomic E-state index is 12.7. The number of fused-ring (bicyclic) bond motifs is 1. The van der Waals surface area contributed by atoms with Crippen molar-refractivity contribution >= 4 is 22.6 Å². The van der Waals surface area contributed by atoms with Crippen LogP contribution in [0, 0.1) is 0 Å². The van der Waals surface area contributed by atoms with E-state index < -0.39 is 0 Å². The summed E-state index contributed by atoms with van der Waals surface area (Å²) in [6.07, 6.45) is 4.40. The fraction of sp³-hybridized carbons (Fsp3) is 0.375. The zero-order chi connectivity index (χ0) is 14.9. The molecule has 1 saturated carbocycles. The van der Waals surface area contributed by atoms with E-state index in [0.717, 1.165) is 23.7 Å². The van der Waals surface area contributed by atoms with E-state index in [-0.39, 0.29) is 11.4 Å². The van der Waals surface area contributed by atoms with E-state index in [1.165, 1.54) is 12.8 Å². The molecule has 110 valence electrons. The Kier molecular flexibility index (Phi) is 3.51. The van der Waals surface area contributed by atoms with E-state index in [0.29, 0.717) is 11.4 Å². The van der Waals surface area contributed by atoms with Gasteiger partial charge in [-0.1, -0.05) is 31.0 Å². The van der Waals surface area contributed by atoms with Crippen molar-refractivity contribution in [3.8, 4) is 0 Å².